The van der Waals surface area contributed by atoms with E-state index < -0.39 is 50.6 Å². The van der Waals surface area contributed by atoms with Crippen molar-refractivity contribution in [2.75, 3.05) is 26.4 Å². The number of phosphoric ester groups is 1. The normalized spacial score (nSPS) is 19.5. The number of nitrogens with two attached hydrogens (primary N) is 1. The minimum absolute atomic E-state index is 0.0166. The minimum atomic E-state index is -4.44. The quantitative estimate of drug-likeness (QED) is 0.0202. The van der Waals surface area contributed by atoms with Crippen molar-refractivity contribution in [3.8, 4) is 0 Å². The maximum absolute atomic E-state index is 12.6. The maximum atomic E-state index is 12.6. The summed E-state index contributed by atoms with van der Waals surface area (Å²) in [5, 5.41) is 20.7. The van der Waals surface area contributed by atoms with Crippen molar-refractivity contribution in [1.29, 1.82) is 0 Å². The molecule has 1 aliphatic carbocycles. The van der Waals surface area contributed by atoms with Gasteiger partial charge < -0.3 is 30.3 Å². The predicted octanol–water partition coefficient (Wildman–Crippen LogP) is 8.98. The fourth-order valence-corrected chi connectivity index (χ4v) is 7.62. The van der Waals surface area contributed by atoms with Crippen molar-refractivity contribution in [3.05, 3.63) is 24.3 Å². The Morgan fingerprint density at radius 2 is 1.38 bits per heavy atom. The predicted molar refractivity (Wildman–Crippen MR) is 221 cm³/mol. The lowest BCUT2D eigenvalue weighted by atomic mass is 9.90. The van der Waals surface area contributed by atoms with Crippen LogP contribution in [-0.2, 0) is 37.5 Å². The Kier molecular flexibility index (Phi) is 31.6. The average Bonchev–Trinajstić information content (AvgIpc) is 3.44. The Hall–Kier alpha value is -1.92. The third-order valence-corrected chi connectivity index (χ3v) is 11.2. The van der Waals surface area contributed by atoms with Crippen molar-refractivity contribution in [3.63, 3.8) is 0 Å². The van der Waals surface area contributed by atoms with Crippen LogP contribution in [0.4, 0.5) is 0 Å². The lowest BCUT2D eigenvalue weighted by molar-refractivity contribution is -0.161. The summed E-state index contributed by atoms with van der Waals surface area (Å²) in [5.41, 5.74) is 5.34. The van der Waals surface area contributed by atoms with Crippen LogP contribution in [0.3, 0.4) is 0 Å². The summed E-state index contributed by atoms with van der Waals surface area (Å²) in [6.07, 6.45) is 28.6. The number of phosphoric acid groups is 1. The van der Waals surface area contributed by atoms with Crippen LogP contribution < -0.4 is 5.73 Å². The molecule has 0 radical (unpaired) electrons. The van der Waals surface area contributed by atoms with Gasteiger partial charge in [0.1, 0.15) is 12.4 Å². The number of carbonyl (C=O) groups is 3. The lowest BCUT2D eigenvalue weighted by Gasteiger charge is -2.19. The van der Waals surface area contributed by atoms with Gasteiger partial charge in [-0.3, -0.25) is 23.4 Å². The molecule has 1 fully saturated rings. The Labute approximate surface area is 338 Å². The van der Waals surface area contributed by atoms with Crippen LogP contribution in [0.25, 0.3) is 0 Å². The van der Waals surface area contributed by atoms with Gasteiger partial charge in [-0.25, -0.2) is 4.57 Å². The van der Waals surface area contributed by atoms with Gasteiger partial charge in [0.25, 0.3) is 0 Å². The van der Waals surface area contributed by atoms with Crippen molar-refractivity contribution >= 4 is 25.5 Å². The summed E-state index contributed by atoms with van der Waals surface area (Å²) >= 11 is 0. The zero-order valence-electron chi connectivity index (χ0n) is 34.8. The van der Waals surface area contributed by atoms with Gasteiger partial charge in [-0.15, -0.1) is 0 Å². The van der Waals surface area contributed by atoms with Crippen LogP contribution >= 0.6 is 7.82 Å². The van der Waals surface area contributed by atoms with Crippen LogP contribution in [0.2, 0.25) is 0 Å². The van der Waals surface area contributed by atoms with E-state index >= 15 is 0 Å². The van der Waals surface area contributed by atoms with Gasteiger partial charge in [0.05, 0.1) is 25.4 Å². The summed E-state index contributed by atoms with van der Waals surface area (Å²) < 4.78 is 32.7. The van der Waals surface area contributed by atoms with Crippen LogP contribution in [0.5, 0.6) is 0 Å². The first-order valence-electron chi connectivity index (χ1n) is 21.9. The molecule has 0 amide bonds. The SMILES string of the molecule is CCCCCCCCCCCCCCCCCC(=O)O[C@H](COC(=O)CCC/C=C\C[C@H]1[C@@H](O)CC(=O)[C@@H]1/C=C/[C@@H](O)CCCCC)COP(=O)(O)OCCN. The second kappa shape index (κ2) is 34.0. The summed E-state index contributed by atoms with van der Waals surface area (Å²) in [6, 6.07) is 0. The molecular weight excluding hydrogens is 737 g/mol. The molecule has 0 spiro atoms. The monoisotopic (exact) mass is 816 g/mol. The van der Waals surface area contributed by atoms with Crippen LogP contribution in [0.1, 0.15) is 174 Å². The second-order valence-corrected chi connectivity index (χ2v) is 16.8. The van der Waals surface area contributed by atoms with E-state index in [9.17, 15) is 34.1 Å². The molecule has 0 aliphatic heterocycles. The van der Waals surface area contributed by atoms with Crippen molar-refractivity contribution in [2.45, 2.75) is 193 Å². The zero-order valence-corrected chi connectivity index (χ0v) is 35.7. The van der Waals surface area contributed by atoms with Crippen molar-refractivity contribution in [2.24, 2.45) is 17.6 Å². The van der Waals surface area contributed by atoms with Gasteiger partial charge >= 0.3 is 19.8 Å². The lowest BCUT2D eigenvalue weighted by Crippen LogP contribution is -2.29. The molecule has 13 heteroatoms. The van der Waals surface area contributed by atoms with Crippen molar-refractivity contribution in [1.82, 2.24) is 0 Å². The first-order chi connectivity index (χ1) is 27.0. The van der Waals surface area contributed by atoms with Crippen LogP contribution in [0.15, 0.2) is 24.3 Å². The molecule has 1 saturated carbocycles. The Bertz CT molecular complexity index is 1130. The molecule has 0 heterocycles. The van der Waals surface area contributed by atoms with Gasteiger partial charge in [0.15, 0.2) is 6.10 Å². The number of hydrogen-bond acceptors (Lipinski definition) is 11. The van der Waals surface area contributed by atoms with E-state index in [1.165, 1.54) is 70.6 Å². The van der Waals surface area contributed by atoms with Gasteiger partial charge in [-0.1, -0.05) is 147 Å². The fourth-order valence-electron chi connectivity index (χ4n) is 6.85. The van der Waals surface area contributed by atoms with E-state index in [-0.39, 0.29) is 50.7 Å². The van der Waals surface area contributed by atoms with Crippen molar-refractivity contribution < 1.29 is 52.6 Å². The third kappa shape index (κ3) is 27.7. The highest BCUT2D eigenvalue weighted by Crippen LogP contribution is 2.43. The number of Topliss-reactive ketones (excluding diaryl/α,β-unsaturated/α-hetero) is 1. The van der Waals surface area contributed by atoms with Gasteiger partial charge in [-0.2, -0.15) is 0 Å². The Morgan fingerprint density at radius 3 is 1.98 bits per heavy atom. The van der Waals surface area contributed by atoms with Gasteiger partial charge in [0.2, 0.25) is 0 Å². The van der Waals surface area contributed by atoms with Gasteiger partial charge in [-0.05, 0) is 32.1 Å². The van der Waals surface area contributed by atoms with Gasteiger partial charge in [0, 0.05) is 37.6 Å². The molecule has 12 nitrogen and oxygen atoms in total. The standard InChI is InChI=1S/C43H78NO11P/c1-3-5-7-8-9-10-11-12-13-14-15-16-17-18-24-28-43(49)55-37(35-54-56(50,51)53-32-31-44)34-52-42(48)27-23-20-19-22-26-38-39(41(47)33-40(38)46)30-29-36(45)25-21-6-4-2/h19,22,29-30,36-40,45-46H,3-18,20-21,23-28,31-35,44H2,1-2H3,(H,50,51)/b22-19-,30-29+/t36-,37+,38+,39+,40-/m0/s1. The number of unbranched alkanes of at least 4 members (excludes halogenated alkanes) is 17. The number of ether oxygens (including phenoxy) is 2. The largest absolute Gasteiger partial charge is 0.472 e. The van der Waals surface area contributed by atoms with E-state index in [2.05, 4.69) is 13.8 Å². The number of esters is 2. The molecule has 0 aromatic carbocycles. The molecule has 0 bridgehead atoms. The highest BCUT2D eigenvalue weighted by molar-refractivity contribution is 7.47. The molecule has 1 aliphatic rings. The van der Waals surface area contributed by atoms with E-state index in [1.807, 2.05) is 12.2 Å². The van der Waals surface area contributed by atoms with E-state index in [4.69, 9.17) is 24.3 Å². The molecule has 0 aromatic rings. The van der Waals surface area contributed by atoms with Crippen LogP contribution in [-0.4, -0.2) is 77.5 Å². The van der Waals surface area contributed by atoms with E-state index in [0.717, 1.165) is 38.5 Å². The highest BCUT2D eigenvalue weighted by atomic mass is 31.2. The second-order valence-electron chi connectivity index (χ2n) is 15.4. The number of ketones is 1. The number of aliphatic hydroxyl groups excluding tert-OH is 2. The molecule has 1 unspecified atom stereocenters. The van der Waals surface area contributed by atoms with E-state index in [0.29, 0.717) is 32.1 Å². The topological polar surface area (TPSA) is 192 Å². The highest BCUT2D eigenvalue weighted by Gasteiger charge is 2.39. The maximum Gasteiger partial charge on any atom is 0.472 e. The molecule has 0 aromatic heterocycles. The molecule has 5 N–H and O–H groups in total. The number of aliphatic hydroxyl groups is 2. The first-order valence-corrected chi connectivity index (χ1v) is 23.4. The average molecular weight is 816 g/mol. The number of rotatable bonds is 37. The first kappa shape index (κ1) is 52.1. The minimum Gasteiger partial charge on any atom is -0.462 e. The summed E-state index contributed by atoms with van der Waals surface area (Å²) in [7, 11) is -4.44. The Morgan fingerprint density at radius 1 is 0.804 bits per heavy atom. The summed E-state index contributed by atoms with van der Waals surface area (Å²) in [4.78, 5) is 47.5. The molecule has 1 rings (SSSR count). The third-order valence-electron chi connectivity index (χ3n) is 10.2. The fraction of sp³-hybridized carbons (Fsp3) is 0.837. The Balaban J connectivity index is 2.40. The summed E-state index contributed by atoms with van der Waals surface area (Å²) in [5.74, 6) is -1.75. The molecule has 0 saturated heterocycles. The summed E-state index contributed by atoms with van der Waals surface area (Å²) in [6.45, 7) is 3.33. The molecule has 6 atom stereocenters. The number of hydrogen-bond donors (Lipinski definition) is 4. The molecule has 326 valence electrons. The number of carbonyl (C=O) groups excluding carboxylic acids is 3. The zero-order chi connectivity index (χ0) is 41.3. The molecule has 56 heavy (non-hydrogen) atoms. The number of allylic oxidation sites excluding steroid dienone is 3. The molecular formula is C43H78NO11P. The van der Waals surface area contributed by atoms with Crippen LogP contribution in [0, 0.1) is 11.8 Å². The van der Waals surface area contributed by atoms with E-state index in [1.54, 1.807) is 12.2 Å². The smallest absolute Gasteiger partial charge is 0.462 e.